The Morgan fingerprint density at radius 3 is 2.53 bits per heavy atom. The third-order valence-corrected chi connectivity index (χ3v) is 2.41. The van der Waals surface area contributed by atoms with E-state index in [9.17, 15) is 10.2 Å². The first kappa shape index (κ1) is 9.65. The second-order valence-corrected chi connectivity index (χ2v) is 3.50. The summed E-state index contributed by atoms with van der Waals surface area (Å²) in [5, 5.41) is 28.4. The van der Waals surface area contributed by atoms with Crippen molar-refractivity contribution in [3.8, 4) is 11.5 Å². The van der Waals surface area contributed by atoms with Crippen LogP contribution < -0.4 is 0 Å². The van der Waals surface area contributed by atoms with Gasteiger partial charge < -0.3 is 15.3 Å². The molecule has 0 aromatic heterocycles. The maximum absolute atomic E-state index is 9.67. The van der Waals surface area contributed by atoms with E-state index in [1.165, 1.54) is 12.1 Å². The highest BCUT2D eigenvalue weighted by molar-refractivity contribution is 5.80. The number of allylic oxidation sites excluding steroid dienone is 4. The monoisotopic (exact) mass is 204 g/mol. The van der Waals surface area contributed by atoms with Gasteiger partial charge in [-0.3, -0.25) is 0 Å². The standard InChI is InChI=1S/C12H12O3/c13-8-5-6-10(12(15)7-8)9-3-1-2-4-11(9)14/h1,3,5-7,13-15H,2,4H2. The summed E-state index contributed by atoms with van der Waals surface area (Å²) in [5.41, 5.74) is 1.17. The number of hydrogen-bond donors (Lipinski definition) is 3. The molecule has 1 aliphatic rings. The van der Waals surface area contributed by atoms with Crippen molar-refractivity contribution in [2.45, 2.75) is 12.8 Å². The van der Waals surface area contributed by atoms with E-state index in [4.69, 9.17) is 5.11 Å². The molecule has 0 saturated heterocycles. The first-order valence-electron chi connectivity index (χ1n) is 4.79. The molecule has 1 aliphatic carbocycles. The molecule has 1 aromatic carbocycles. The van der Waals surface area contributed by atoms with Gasteiger partial charge in [0.15, 0.2) is 0 Å². The van der Waals surface area contributed by atoms with E-state index >= 15 is 0 Å². The fourth-order valence-corrected chi connectivity index (χ4v) is 1.65. The molecule has 3 N–H and O–H groups in total. The molecule has 0 atom stereocenters. The lowest BCUT2D eigenvalue weighted by atomic mass is 9.97. The summed E-state index contributed by atoms with van der Waals surface area (Å²) in [6.45, 7) is 0. The number of phenols is 2. The van der Waals surface area contributed by atoms with Gasteiger partial charge >= 0.3 is 0 Å². The van der Waals surface area contributed by atoms with E-state index in [1.54, 1.807) is 12.1 Å². The third kappa shape index (κ3) is 1.81. The first-order chi connectivity index (χ1) is 7.18. The van der Waals surface area contributed by atoms with Crippen LogP contribution in [0.1, 0.15) is 18.4 Å². The van der Waals surface area contributed by atoms with Gasteiger partial charge in [0, 0.05) is 23.6 Å². The van der Waals surface area contributed by atoms with Crippen molar-refractivity contribution in [3.05, 3.63) is 41.7 Å². The molecular weight excluding hydrogens is 192 g/mol. The zero-order chi connectivity index (χ0) is 10.8. The highest BCUT2D eigenvalue weighted by Crippen LogP contribution is 2.33. The van der Waals surface area contributed by atoms with Crippen LogP contribution in [-0.2, 0) is 0 Å². The minimum atomic E-state index is -0.0249. The van der Waals surface area contributed by atoms with Crippen LogP contribution >= 0.6 is 0 Å². The zero-order valence-corrected chi connectivity index (χ0v) is 8.14. The molecule has 0 radical (unpaired) electrons. The molecule has 15 heavy (non-hydrogen) atoms. The van der Waals surface area contributed by atoms with E-state index < -0.39 is 0 Å². The second-order valence-electron chi connectivity index (χ2n) is 3.50. The summed E-state index contributed by atoms with van der Waals surface area (Å²) in [6.07, 6.45) is 5.13. The average molecular weight is 204 g/mol. The number of aliphatic hydroxyl groups excluding tert-OH is 1. The van der Waals surface area contributed by atoms with Crippen molar-refractivity contribution in [3.63, 3.8) is 0 Å². The smallest absolute Gasteiger partial charge is 0.127 e. The van der Waals surface area contributed by atoms with Crippen molar-refractivity contribution >= 4 is 5.57 Å². The molecule has 0 amide bonds. The van der Waals surface area contributed by atoms with E-state index in [0.717, 1.165) is 6.42 Å². The number of benzene rings is 1. The molecular formula is C12H12O3. The van der Waals surface area contributed by atoms with Gasteiger partial charge in [0.05, 0.1) is 0 Å². The summed E-state index contributed by atoms with van der Waals surface area (Å²) in [4.78, 5) is 0. The number of hydrogen-bond acceptors (Lipinski definition) is 3. The van der Waals surface area contributed by atoms with Gasteiger partial charge in [0.25, 0.3) is 0 Å². The van der Waals surface area contributed by atoms with Crippen LogP contribution in [0.5, 0.6) is 11.5 Å². The van der Waals surface area contributed by atoms with Gasteiger partial charge in [-0.15, -0.1) is 0 Å². The predicted octanol–water partition coefficient (Wildman–Crippen LogP) is 2.72. The molecule has 0 saturated carbocycles. The Hall–Kier alpha value is -1.90. The van der Waals surface area contributed by atoms with Gasteiger partial charge in [-0.1, -0.05) is 12.2 Å². The molecule has 0 heterocycles. The molecule has 0 bridgehead atoms. The molecule has 78 valence electrons. The Morgan fingerprint density at radius 1 is 1.07 bits per heavy atom. The lowest BCUT2D eigenvalue weighted by Gasteiger charge is -2.12. The minimum absolute atomic E-state index is 0.0103. The number of aliphatic hydroxyl groups is 1. The summed E-state index contributed by atoms with van der Waals surface area (Å²) in [6, 6.07) is 4.34. The fourth-order valence-electron chi connectivity index (χ4n) is 1.65. The van der Waals surface area contributed by atoms with Crippen LogP contribution in [0.2, 0.25) is 0 Å². The van der Waals surface area contributed by atoms with Gasteiger partial charge in [-0.2, -0.15) is 0 Å². The van der Waals surface area contributed by atoms with Crippen molar-refractivity contribution in [1.29, 1.82) is 0 Å². The quantitative estimate of drug-likeness (QED) is 0.659. The predicted molar refractivity (Wildman–Crippen MR) is 57.7 cm³/mol. The highest BCUT2D eigenvalue weighted by Gasteiger charge is 2.12. The van der Waals surface area contributed by atoms with Crippen molar-refractivity contribution in [1.82, 2.24) is 0 Å². The lowest BCUT2D eigenvalue weighted by molar-refractivity contribution is 0.390. The molecule has 1 aromatic rings. The Kier molecular flexibility index (Phi) is 2.37. The Morgan fingerprint density at radius 2 is 1.87 bits per heavy atom. The van der Waals surface area contributed by atoms with E-state index in [0.29, 0.717) is 17.6 Å². The van der Waals surface area contributed by atoms with Crippen LogP contribution in [0.3, 0.4) is 0 Å². The van der Waals surface area contributed by atoms with E-state index in [2.05, 4.69) is 0 Å². The summed E-state index contributed by atoms with van der Waals surface area (Å²) < 4.78 is 0. The molecule has 0 fully saturated rings. The Balaban J connectivity index is 2.50. The molecule has 2 rings (SSSR count). The van der Waals surface area contributed by atoms with Crippen LogP contribution in [0, 0.1) is 0 Å². The van der Waals surface area contributed by atoms with E-state index in [1.807, 2.05) is 6.08 Å². The molecule has 3 heteroatoms. The largest absolute Gasteiger partial charge is 0.512 e. The highest BCUT2D eigenvalue weighted by atomic mass is 16.3. The molecule has 0 spiro atoms. The Labute approximate surface area is 87.6 Å². The zero-order valence-electron chi connectivity index (χ0n) is 8.14. The summed E-state index contributed by atoms with van der Waals surface area (Å²) in [5.74, 6) is 0.262. The summed E-state index contributed by atoms with van der Waals surface area (Å²) >= 11 is 0. The van der Waals surface area contributed by atoms with Crippen LogP contribution in [0.4, 0.5) is 0 Å². The Bertz CT molecular complexity index is 444. The molecule has 0 aliphatic heterocycles. The number of aromatic hydroxyl groups is 2. The van der Waals surface area contributed by atoms with Crippen molar-refractivity contribution in [2.75, 3.05) is 0 Å². The SMILES string of the molecule is OC1=C(c2ccc(O)cc2O)C=CCC1. The molecule has 3 nitrogen and oxygen atoms in total. The average Bonchev–Trinajstić information content (AvgIpc) is 2.20. The lowest BCUT2D eigenvalue weighted by Crippen LogP contribution is -1.94. The normalized spacial score (nSPS) is 15.7. The van der Waals surface area contributed by atoms with Crippen LogP contribution in [0.25, 0.3) is 5.57 Å². The van der Waals surface area contributed by atoms with Gasteiger partial charge in [-0.25, -0.2) is 0 Å². The van der Waals surface area contributed by atoms with Gasteiger partial charge in [-0.05, 0) is 18.6 Å². The van der Waals surface area contributed by atoms with Crippen molar-refractivity contribution in [2.24, 2.45) is 0 Å². The fraction of sp³-hybridized carbons (Fsp3) is 0.167. The first-order valence-corrected chi connectivity index (χ1v) is 4.79. The number of rotatable bonds is 1. The topological polar surface area (TPSA) is 60.7 Å². The van der Waals surface area contributed by atoms with Crippen molar-refractivity contribution < 1.29 is 15.3 Å². The van der Waals surface area contributed by atoms with Gasteiger partial charge in [0.2, 0.25) is 0 Å². The number of phenolic OH excluding ortho intramolecular Hbond substituents is 2. The molecule has 0 unspecified atom stereocenters. The second kappa shape index (κ2) is 3.69. The maximum atomic E-state index is 9.67. The minimum Gasteiger partial charge on any atom is -0.512 e. The van der Waals surface area contributed by atoms with Crippen LogP contribution in [-0.4, -0.2) is 15.3 Å². The third-order valence-electron chi connectivity index (χ3n) is 2.41. The summed E-state index contributed by atoms with van der Waals surface area (Å²) in [7, 11) is 0. The van der Waals surface area contributed by atoms with Gasteiger partial charge in [0.1, 0.15) is 17.3 Å². The van der Waals surface area contributed by atoms with E-state index in [-0.39, 0.29) is 17.3 Å². The van der Waals surface area contributed by atoms with Crippen LogP contribution in [0.15, 0.2) is 36.1 Å². The maximum Gasteiger partial charge on any atom is 0.127 e.